The molecule has 4 heteroatoms. The van der Waals surface area contributed by atoms with Gasteiger partial charge in [-0.15, -0.1) is 0 Å². The Morgan fingerprint density at radius 3 is 2.60 bits per heavy atom. The molecule has 3 aromatic rings. The standard InChI is InChI=1S/C26H29N3O/c1-28-16-15-27-25(28)18-29(24-12-6-10-20-8-4-5-11-23(20)24)26(30)22-14-13-19-7-2-3-9-21(19)17-22/h2-5,7-9,11,15-16,22,24H,6,10,12-14,17-18H2,1H3/t22-,24-/m0/s1. The monoisotopic (exact) mass is 399 g/mol. The minimum atomic E-state index is 0.0502. The Labute approximate surface area is 178 Å². The van der Waals surface area contributed by atoms with Crippen molar-refractivity contribution in [2.24, 2.45) is 13.0 Å². The van der Waals surface area contributed by atoms with E-state index in [-0.39, 0.29) is 17.9 Å². The summed E-state index contributed by atoms with van der Waals surface area (Å²) in [5.74, 6) is 1.28. The Kier molecular flexibility index (Phi) is 5.16. The van der Waals surface area contributed by atoms with Gasteiger partial charge in [0, 0.05) is 25.4 Å². The number of aromatic nitrogens is 2. The smallest absolute Gasteiger partial charge is 0.226 e. The van der Waals surface area contributed by atoms with Crippen LogP contribution < -0.4 is 0 Å². The van der Waals surface area contributed by atoms with Gasteiger partial charge in [0.15, 0.2) is 0 Å². The van der Waals surface area contributed by atoms with Gasteiger partial charge in [0.25, 0.3) is 0 Å². The second kappa shape index (κ2) is 8.10. The highest BCUT2D eigenvalue weighted by molar-refractivity contribution is 5.80. The second-order valence-corrected chi connectivity index (χ2v) is 8.74. The highest BCUT2D eigenvalue weighted by Crippen LogP contribution is 2.37. The van der Waals surface area contributed by atoms with Crippen LogP contribution in [0, 0.1) is 5.92 Å². The molecule has 0 bridgehead atoms. The van der Waals surface area contributed by atoms with Crippen LogP contribution in [0.2, 0.25) is 0 Å². The molecule has 4 nitrogen and oxygen atoms in total. The number of fused-ring (bicyclic) bond motifs is 2. The molecule has 2 aliphatic carbocycles. The lowest BCUT2D eigenvalue weighted by Gasteiger charge is -2.38. The van der Waals surface area contributed by atoms with Crippen LogP contribution in [0.1, 0.15) is 53.4 Å². The zero-order valence-electron chi connectivity index (χ0n) is 17.6. The molecule has 0 saturated carbocycles. The Balaban J connectivity index is 1.48. The largest absolute Gasteiger partial charge is 0.337 e. The summed E-state index contributed by atoms with van der Waals surface area (Å²) >= 11 is 0. The zero-order valence-corrected chi connectivity index (χ0v) is 17.6. The van der Waals surface area contributed by atoms with Gasteiger partial charge in [-0.3, -0.25) is 4.79 Å². The third kappa shape index (κ3) is 3.55. The van der Waals surface area contributed by atoms with Gasteiger partial charge in [-0.05, 0) is 60.8 Å². The molecule has 0 saturated heterocycles. The summed E-state index contributed by atoms with van der Waals surface area (Å²) in [5.41, 5.74) is 5.45. The van der Waals surface area contributed by atoms with Crippen molar-refractivity contribution in [2.45, 2.75) is 51.1 Å². The molecule has 2 atom stereocenters. The van der Waals surface area contributed by atoms with E-state index in [0.29, 0.717) is 6.54 Å². The molecule has 0 fully saturated rings. The first-order valence-corrected chi connectivity index (χ1v) is 11.1. The van der Waals surface area contributed by atoms with Crippen molar-refractivity contribution in [1.29, 1.82) is 0 Å². The Morgan fingerprint density at radius 1 is 1.03 bits per heavy atom. The molecule has 1 amide bonds. The van der Waals surface area contributed by atoms with Crippen LogP contribution in [0.5, 0.6) is 0 Å². The molecule has 5 rings (SSSR count). The maximum absolute atomic E-state index is 13.9. The molecule has 30 heavy (non-hydrogen) atoms. The number of hydrogen-bond donors (Lipinski definition) is 0. The molecule has 1 heterocycles. The second-order valence-electron chi connectivity index (χ2n) is 8.74. The van der Waals surface area contributed by atoms with Gasteiger partial charge in [0.1, 0.15) is 5.82 Å². The molecule has 2 aliphatic rings. The van der Waals surface area contributed by atoms with Crippen molar-refractivity contribution in [3.05, 3.63) is 89.0 Å². The topological polar surface area (TPSA) is 38.1 Å². The summed E-state index contributed by atoms with van der Waals surface area (Å²) in [7, 11) is 2.01. The molecular weight excluding hydrogens is 370 g/mol. The van der Waals surface area contributed by atoms with Gasteiger partial charge in [0.2, 0.25) is 5.91 Å². The first-order valence-electron chi connectivity index (χ1n) is 11.1. The molecule has 1 aromatic heterocycles. The van der Waals surface area contributed by atoms with E-state index >= 15 is 0 Å². The van der Waals surface area contributed by atoms with Gasteiger partial charge < -0.3 is 9.47 Å². The summed E-state index contributed by atoms with van der Waals surface area (Å²) < 4.78 is 2.03. The predicted octanol–water partition coefficient (Wildman–Crippen LogP) is 4.63. The lowest BCUT2D eigenvalue weighted by atomic mass is 9.81. The first-order chi connectivity index (χ1) is 14.7. The molecule has 0 unspecified atom stereocenters. The SMILES string of the molecule is Cn1ccnc1CN(C(=O)[C@H]1CCc2ccccc2C1)[C@H]1CCCc2ccccc21. The fraction of sp³-hybridized carbons (Fsp3) is 0.385. The maximum atomic E-state index is 13.9. The minimum Gasteiger partial charge on any atom is -0.337 e. The molecule has 154 valence electrons. The molecular formula is C26H29N3O. The number of imidazole rings is 1. The number of hydrogen-bond acceptors (Lipinski definition) is 2. The van der Waals surface area contributed by atoms with E-state index in [1.165, 1.54) is 22.3 Å². The summed E-state index contributed by atoms with van der Waals surface area (Å²) in [6.07, 6.45) is 9.81. The predicted molar refractivity (Wildman–Crippen MR) is 118 cm³/mol. The quantitative estimate of drug-likeness (QED) is 0.641. The molecule has 0 aliphatic heterocycles. The van der Waals surface area contributed by atoms with Crippen molar-refractivity contribution < 1.29 is 4.79 Å². The van der Waals surface area contributed by atoms with Crippen LogP contribution in [-0.2, 0) is 37.6 Å². The van der Waals surface area contributed by atoms with Crippen molar-refractivity contribution >= 4 is 5.91 Å². The summed E-state index contributed by atoms with van der Waals surface area (Å²) in [5, 5.41) is 0. The number of rotatable bonds is 4. The van der Waals surface area contributed by atoms with Crippen LogP contribution in [-0.4, -0.2) is 20.4 Å². The lowest BCUT2D eigenvalue weighted by Crippen LogP contribution is -2.42. The lowest BCUT2D eigenvalue weighted by molar-refractivity contribution is -0.139. The average Bonchev–Trinajstić information content (AvgIpc) is 3.20. The fourth-order valence-corrected chi connectivity index (χ4v) is 5.24. The van der Waals surface area contributed by atoms with Crippen LogP contribution in [0.3, 0.4) is 0 Å². The van der Waals surface area contributed by atoms with E-state index in [9.17, 15) is 4.79 Å². The number of carbonyl (C=O) groups is 1. The Morgan fingerprint density at radius 2 is 1.80 bits per heavy atom. The van der Waals surface area contributed by atoms with Crippen molar-refractivity contribution in [1.82, 2.24) is 14.5 Å². The third-order valence-corrected chi connectivity index (χ3v) is 6.93. The summed E-state index contributed by atoms with van der Waals surface area (Å²) in [6.45, 7) is 0.569. The Bertz CT molecular complexity index is 1050. The van der Waals surface area contributed by atoms with Crippen molar-refractivity contribution in [2.75, 3.05) is 0 Å². The average molecular weight is 400 g/mol. The van der Waals surface area contributed by atoms with Crippen LogP contribution in [0.15, 0.2) is 60.9 Å². The highest BCUT2D eigenvalue weighted by Gasteiger charge is 2.35. The number of benzene rings is 2. The van der Waals surface area contributed by atoms with Gasteiger partial charge in [-0.2, -0.15) is 0 Å². The van der Waals surface area contributed by atoms with Gasteiger partial charge in [-0.25, -0.2) is 4.98 Å². The fourth-order valence-electron chi connectivity index (χ4n) is 5.24. The van der Waals surface area contributed by atoms with Crippen LogP contribution >= 0.6 is 0 Å². The highest BCUT2D eigenvalue weighted by atomic mass is 16.2. The maximum Gasteiger partial charge on any atom is 0.226 e. The molecule has 0 N–H and O–H groups in total. The van der Waals surface area contributed by atoms with E-state index in [1.54, 1.807) is 0 Å². The van der Waals surface area contributed by atoms with Crippen LogP contribution in [0.25, 0.3) is 0 Å². The number of aryl methyl sites for hydroxylation is 3. The zero-order chi connectivity index (χ0) is 20.5. The van der Waals surface area contributed by atoms with Crippen molar-refractivity contribution in [3.63, 3.8) is 0 Å². The van der Waals surface area contributed by atoms with Crippen molar-refractivity contribution in [3.8, 4) is 0 Å². The number of nitrogens with zero attached hydrogens (tertiary/aromatic N) is 3. The number of amides is 1. The normalized spacial score (nSPS) is 20.3. The number of carbonyl (C=O) groups excluding carboxylic acids is 1. The van der Waals surface area contributed by atoms with E-state index in [4.69, 9.17) is 0 Å². The van der Waals surface area contributed by atoms with E-state index in [2.05, 4.69) is 58.4 Å². The Hall–Kier alpha value is -2.88. The van der Waals surface area contributed by atoms with E-state index in [0.717, 1.165) is 44.3 Å². The van der Waals surface area contributed by atoms with Gasteiger partial charge in [-0.1, -0.05) is 48.5 Å². The molecule has 0 spiro atoms. The van der Waals surface area contributed by atoms with Gasteiger partial charge in [0.05, 0.1) is 12.6 Å². The summed E-state index contributed by atoms with van der Waals surface area (Å²) in [4.78, 5) is 20.6. The molecule has 2 aromatic carbocycles. The van der Waals surface area contributed by atoms with E-state index < -0.39 is 0 Å². The van der Waals surface area contributed by atoms with E-state index in [1.807, 2.05) is 24.0 Å². The molecule has 0 radical (unpaired) electrons. The minimum absolute atomic E-state index is 0.0502. The van der Waals surface area contributed by atoms with Gasteiger partial charge >= 0.3 is 0 Å². The summed E-state index contributed by atoms with van der Waals surface area (Å²) in [6, 6.07) is 17.4. The first kappa shape index (κ1) is 19.1. The van der Waals surface area contributed by atoms with Crippen LogP contribution in [0.4, 0.5) is 0 Å². The third-order valence-electron chi connectivity index (χ3n) is 6.93.